The van der Waals surface area contributed by atoms with E-state index in [1.54, 1.807) is 7.11 Å². The molecular formula is C44H34N2O2. The Morgan fingerprint density at radius 2 is 0.771 bits per heavy atom. The van der Waals surface area contributed by atoms with E-state index in [9.17, 15) is 5.11 Å². The topological polar surface area (TPSA) is 35.9 Å². The molecule has 0 saturated carbocycles. The minimum atomic E-state index is -1.43. The lowest BCUT2D eigenvalue weighted by atomic mass is 9.83. The average molecular weight is 623 g/mol. The van der Waals surface area contributed by atoms with Gasteiger partial charge >= 0.3 is 0 Å². The number of fused-ring (bicyclic) bond motifs is 3. The first-order chi connectivity index (χ1) is 23.6. The quantitative estimate of drug-likeness (QED) is 0.183. The summed E-state index contributed by atoms with van der Waals surface area (Å²) in [5.74, 6) is 0.738. The molecule has 1 aliphatic carbocycles. The van der Waals surface area contributed by atoms with E-state index in [2.05, 4.69) is 143 Å². The molecule has 7 aromatic carbocycles. The van der Waals surface area contributed by atoms with Gasteiger partial charge < -0.3 is 19.6 Å². The highest BCUT2D eigenvalue weighted by molar-refractivity contribution is 5.89. The van der Waals surface area contributed by atoms with Crippen LogP contribution >= 0.6 is 0 Å². The van der Waals surface area contributed by atoms with E-state index < -0.39 is 5.60 Å². The molecule has 1 aliphatic rings. The van der Waals surface area contributed by atoms with Gasteiger partial charge in [-0.1, -0.05) is 97.1 Å². The first-order valence-corrected chi connectivity index (χ1v) is 16.1. The summed E-state index contributed by atoms with van der Waals surface area (Å²) in [6.45, 7) is 0. The van der Waals surface area contributed by atoms with Crippen molar-refractivity contribution >= 4 is 34.1 Å². The zero-order chi connectivity index (χ0) is 32.5. The van der Waals surface area contributed by atoms with Crippen LogP contribution in [0.3, 0.4) is 0 Å². The SMILES string of the molecule is COc1ccc(C2(O)c3cc(N(c4ccccc4)c4ccccc4)ccc3-c3ccc(N(c4ccccc4)c4ccccc4)cc32)cc1. The number of hydrogen-bond acceptors (Lipinski definition) is 4. The first kappa shape index (κ1) is 29.3. The zero-order valence-electron chi connectivity index (χ0n) is 26.6. The van der Waals surface area contributed by atoms with Crippen molar-refractivity contribution in [3.05, 3.63) is 199 Å². The third-order valence-electron chi connectivity index (χ3n) is 9.16. The van der Waals surface area contributed by atoms with Crippen LogP contribution in [0.5, 0.6) is 5.75 Å². The molecule has 0 heterocycles. The Balaban J connectivity index is 1.34. The van der Waals surface area contributed by atoms with Gasteiger partial charge in [0.2, 0.25) is 0 Å². The van der Waals surface area contributed by atoms with Crippen LogP contribution in [0.1, 0.15) is 16.7 Å². The number of anilines is 6. The van der Waals surface area contributed by atoms with E-state index in [4.69, 9.17) is 4.74 Å². The molecule has 0 amide bonds. The van der Waals surface area contributed by atoms with Crippen molar-refractivity contribution < 1.29 is 9.84 Å². The molecule has 0 aromatic heterocycles. The van der Waals surface area contributed by atoms with Gasteiger partial charge in [-0.25, -0.2) is 0 Å². The lowest BCUT2D eigenvalue weighted by Crippen LogP contribution is -2.27. The second-order valence-corrected chi connectivity index (χ2v) is 11.9. The lowest BCUT2D eigenvalue weighted by Gasteiger charge is -2.31. The van der Waals surface area contributed by atoms with Crippen molar-refractivity contribution in [1.29, 1.82) is 0 Å². The number of benzene rings is 7. The van der Waals surface area contributed by atoms with Gasteiger partial charge in [0, 0.05) is 45.3 Å². The Hall–Kier alpha value is -6.10. The molecule has 0 unspecified atom stereocenters. The molecule has 4 heteroatoms. The van der Waals surface area contributed by atoms with Gasteiger partial charge in [0.1, 0.15) is 11.4 Å². The van der Waals surface area contributed by atoms with Crippen molar-refractivity contribution in [2.45, 2.75) is 5.60 Å². The molecule has 0 spiro atoms. The summed E-state index contributed by atoms with van der Waals surface area (Å²) in [6.07, 6.45) is 0. The standard InChI is InChI=1S/C44H34N2O2/c1-48-39-26-22-32(23-27-39)44(47)42-30-37(45(33-14-6-2-7-15-33)34-16-8-3-9-17-34)24-28-40(42)41-29-25-38(31-43(41)44)46(35-18-10-4-11-19-35)36-20-12-5-13-21-36/h2-31,47H,1H3. The maximum Gasteiger partial charge on any atom is 0.141 e. The molecule has 232 valence electrons. The predicted octanol–water partition coefficient (Wildman–Crippen LogP) is 10.9. The molecule has 0 bridgehead atoms. The summed E-state index contributed by atoms with van der Waals surface area (Å²) in [4.78, 5) is 4.46. The van der Waals surface area contributed by atoms with E-state index in [1.807, 2.05) is 48.5 Å². The highest BCUT2D eigenvalue weighted by Crippen LogP contribution is 2.54. The Morgan fingerprint density at radius 3 is 1.10 bits per heavy atom. The van der Waals surface area contributed by atoms with E-state index in [0.717, 1.165) is 67.7 Å². The maximum absolute atomic E-state index is 13.2. The minimum absolute atomic E-state index is 0.738. The number of methoxy groups -OCH3 is 1. The Labute approximate surface area is 281 Å². The first-order valence-electron chi connectivity index (χ1n) is 16.1. The van der Waals surface area contributed by atoms with Crippen LogP contribution < -0.4 is 14.5 Å². The van der Waals surface area contributed by atoms with Crippen molar-refractivity contribution in [1.82, 2.24) is 0 Å². The van der Waals surface area contributed by atoms with Crippen molar-refractivity contribution in [3.8, 4) is 16.9 Å². The third kappa shape index (κ3) is 5.00. The van der Waals surface area contributed by atoms with E-state index >= 15 is 0 Å². The average Bonchev–Trinajstić information content (AvgIpc) is 3.41. The second-order valence-electron chi connectivity index (χ2n) is 11.9. The number of hydrogen-bond donors (Lipinski definition) is 1. The van der Waals surface area contributed by atoms with Crippen LogP contribution in [0.4, 0.5) is 34.1 Å². The van der Waals surface area contributed by atoms with Gasteiger partial charge in [-0.05, 0) is 102 Å². The zero-order valence-corrected chi connectivity index (χ0v) is 26.6. The molecule has 4 nitrogen and oxygen atoms in total. The van der Waals surface area contributed by atoms with Crippen molar-refractivity contribution in [3.63, 3.8) is 0 Å². The number of ether oxygens (including phenoxy) is 1. The van der Waals surface area contributed by atoms with Crippen LogP contribution in [0.2, 0.25) is 0 Å². The van der Waals surface area contributed by atoms with Crippen molar-refractivity contribution in [2.75, 3.05) is 16.9 Å². The molecule has 0 aliphatic heterocycles. The van der Waals surface area contributed by atoms with E-state index in [-0.39, 0.29) is 0 Å². The van der Waals surface area contributed by atoms with Crippen LogP contribution in [0, 0.1) is 0 Å². The monoisotopic (exact) mass is 622 g/mol. The highest BCUT2D eigenvalue weighted by atomic mass is 16.5. The van der Waals surface area contributed by atoms with Gasteiger partial charge in [-0.15, -0.1) is 0 Å². The Kier molecular flexibility index (Phi) is 7.48. The summed E-state index contributed by atoms with van der Waals surface area (Å²) in [5, 5.41) is 13.2. The summed E-state index contributed by atoms with van der Waals surface area (Å²) < 4.78 is 5.51. The lowest BCUT2D eigenvalue weighted by molar-refractivity contribution is 0.131. The molecular weight excluding hydrogens is 588 g/mol. The fourth-order valence-electron chi connectivity index (χ4n) is 6.90. The fourth-order valence-corrected chi connectivity index (χ4v) is 6.90. The van der Waals surface area contributed by atoms with Crippen LogP contribution in [0.25, 0.3) is 11.1 Å². The number of aliphatic hydroxyl groups is 1. The van der Waals surface area contributed by atoms with Gasteiger partial charge in [-0.3, -0.25) is 0 Å². The predicted molar refractivity (Wildman–Crippen MR) is 196 cm³/mol. The van der Waals surface area contributed by atoms with Gasteiger partial charge in [0.25, 0.3) is 0 Å². The van der Waals surface area contributed by atoms with E-state index in [0.29, 0.717) is 0 Å². The number of para-hydroxylation sites is 4. The minimum Gasteiger partial charge on any atom is -0.497 e. The Morgan fingerprint density at radius 1 is 0.417 bits per heavy atom. The van der Waals surface area contributed by atoms with Crippen LogP contribution in [-0.4, -0.2) is 12.2 Å². The fraction of sp³-hybridized carbons (Fsp3) is 0.0455. The summed E-state index contributed by atoms with van der Waals surface area (Å²) in [5.41, 5.74) is 9.09. The largest absolute Gasteiger partial charge is 0.497 e. The normalized spacial score (nSPS) is 12.5. The maximum atomic E-state index is 13.2. The molecule has 7 aromatic rings. The van der Waals surface area contributed by atoms with Gasteiger partial charge in [0.15, 0.2) is 0 Å². The number of rotatable bonds is 8. The molecule has 0 fully saturated rings. The number of nitrogens with zero attached hydrogens (tertiary/aromatic N) is 2. The summed E-state index contributed by atoms with van der Waals surface area (Å²) in [7, 11) is 1.66. The van der Waals surface area contributed by atoms with Crippen LogP contribution in [0.15, 0.2) is 182 Å². The molecule has 0 radical (unpaired) electrons. The second kappa shape index (κ2) is 12.3. The molecule has 0 atom stereocenters. The molecule has 8 rings (SSSR count). The summed E-state index contributed by atoms with van der Waals surface area (Å²) in [6, 6.07) is 62.0. The van der Waals surface area contributed by atoms with E-state index in [1.165, 1.54) is 0 Å². The Bertz CT molecular complexity index is 1960. The molecule has 0 saturated heterocycles. The van der Waals surface area contributed by atoms with Gasteiger partial charge in [0.05, 0.1) is 7.11 Å². The van der Waals surface area contributed by atoms with Gasteiger partial charge in [-0.2, -0.15) is 0 Å². The van der Waals surface area contributed by atoms with Crippen LogP contribution in [-0.2, 0) is 5.60 Å². The van der Waals surface area contributed by atoms with Crippen molar-refractivity contribution in [2.24, 2.45) is 0 Å². The highest BCUT2D eigenvalue weighted by Gasteiger charge is 2.44. The third-order valence-corrected chi connectivity index (χ3v) is 9.16. The molecule has 48 heavy (non-hydrogen) atoms. The molecule has 1 N–H and O–H groups in total. The smallest absolute Gasteiger partial charge is 0.141 e. The summed E-state index contributed by atoms with van der Waals surface area (Å²) >= 11 is 0.